The molecule has 0 aliphatic heterocycles. The van der Waals surface area contributed by atoms with Crippen LogP contribution >= 0.6 is 0 Å². The van der Waals surface area contributed by atoms with Gasteiger partial charge in [0.25, 0.3) is 5.70 Å². The van der Waals surface area contributed by atoms with Crippen LogP contribution in [0.3, 0.4) is 0 Å². The van der Waals surface area contributed by atoms with E-state index in [1.54, 1.807) is 6.07 Å². The molecule has 0 saturated carbocycles. The number of benzene rings is 2. The standard InChI is InChI=1S/C25H12N8.2Ac/c1-33-23(15-30)25(17-4-8-22(32)9-5-17)19(12-27)10-18(11-26)24(20(13-28)14-29)16-2-6-21(31)7-3-16;;/h2-10,20,31-32H;;/q-2;;/b19-10+,24-18-,25-23+;;. The molecule has 0 aromatic heterocycles. The summed E-state index contributed by atoms with van der Waals surface area (Å²) < 4.78 is 0. The fraction of sp³-hybridized carbons (Fsp3) is 0.0400. The van der Waals surface area contributed by atoms with Crippen molar-refractivity contribution in [1.82, 2.24) is 0 Å². The third kappa shape index (κ3) is 8.07. The number of nitriles is 5. The van der Waals surface area contributed by atoms with Crippen molar-refractivity contribution >= 4 is 22.5 Å². The summed E-state index contributed by atoms with van der Waals surface area (Å²) in [5, 5.41) is 48.1. The van der Waals surface area contributed by atoms with E-state index in [1.165, 1.54) is 48.5 Å². The van der Waals surface area contributed by atoms with Crippen LogP contribution in [0.15, 0.2) is 71.5 Å². The molecule has 0 aliphatic carbocycles. The van der Waals surface area contributed by atoms with Gasteiger partial charge in [-0.2, -0.15) is 21.0 Å². The molecule has 0 aliphatic rings. The van der Waals surface area contributed by atoms with Gasteiger partial charge in [-0.25, -0.2) is 10.1 Å². The Kier molecular flexibility index (Phi) is 14.6. The van der Waals surface area contributed by atoms with Gasteiger partial charge in [-0.15, -0.1) is 11.4 Å². The van der Waals surface area contributed by atoms with Crippen LogP contribution < -0.4 is 0 Å². The Balaban J connectivity index is 0.00000578. The van der Waals surface area contributed by atoms with Gasteiger partial charge in [-0.05, 0) is 17.2 Å². The summed E-state index contributed by atoms with van der Waals surface area (Å²) in [6.45, 7) is 7.33. The first kappa shape index (κ1) is 32.1. The number of hydrogen-bond donors (Lipinski definition) is 0. The topological polar surface area (TPSA) is 171 Å². The van der Waals surface area contributed by atoms with Gasteiger partial charge < -0.3 is 11.5 Å². The largest absolute Gasteiger partial charge is 0.699 e. The molecule has 0 saturated heterocycles. The second-order valence-corrected chi connectivity index (χ2v) is 6.40. The van der Waals surface area contributed by atoms with E-state index in [0.717, 1.165) is 6.08 Å². The van der Waals surface area contributed by atoms with Crippen LogP contribution in [-0.2, 0) is 0 Å². The van der Waals surface area contributed by atoms with Crippen LogP contribution in [0.25, 0.3) is 27.5 Å². The van der Waals surface area contributed by atoms with E-state index >= 15 is 0 Å². The Morgan fingerprint density at radius 2 is 1.26 bits per heavy atom. The number of nitrogens with one attached hydrogen (secondary N) is 2. The molecule has 10 heteroatoms. The van der Waals surface area contributed by atoms with E-state index in [9.17, 15) is 26.3 Å². The van der Waals surface area contributed by atoms with Crippen molar-refractivity contribution < 1.29 is 88.1 Å². The molecule has 2 aromatic rings. The molecule has 0 spiro atoms. The molecule has 0 fully saturated rings. The van der Waals surface area contributed by atoms with Gasteiger partial charge in [-0.3, -0.25) is 0 Å². The van der Waals surface area contributed by atoms with Crippen LogP contribution in [0, 0.1) is 157 Å². The van der Waals surface area contributed by atoms with Crippen LogP contribution in [0.4, 0.5) is 11.4 Å². The summed E-state index contributed by atoms with van der Waals surface area (Å²) in [4.78, 5) is 3.19. The third-order valence-corrected chi connectivity index (χ3v) is 4.46. The molecule has 0 amide bonds. The van der Waals surface area contributed by atoms with Crippen LogP contribution in [0.1, 0.15) is 11.1 Å². The second kappa shape index (κ2) is 15.9. The molecule has 0 atom stereocenters. The normalized spacial score (nSPS) is 11.2. The SMILES string of the molecule is [Ac].[Ac].[C-]#[N+]/C(C#N)=C(/C(C#N)=C/C(C#N)=C(\c1ccc([NH-])cc1)C(C#N)C#N)c1ccc([NH-])cc1. The molecule has 35 heavy (non-hydrogen) atoms. The minimum atomic E-state index is -1.35. The van der Waals surface area contributed by atoms with Gasteiger partial charge >= 0.3 is 0 Å². The molecule has 2 N–H and O–H groups in total. The van der Waals surface area contributed by atoms with Crippen LogP contribution in [-0.4, -0.2) is 0 Å². The first-order chi connectivity index (χ1) is 15.9. The predicted octanol–water partition coefficient (Wildman–Crippen LogP) is 6.30. The smallest absolute Gasteiger partial charge is 0.270 e. The minimum absolute atomic E-state index is 0. The predicted molar refractivity (Wildman–Crippen MR) is 121 cm³/mol. The monoisotopic (exact) mass is 878 g/mol. The maximum absolute atomic E-state index is 9.85. The summed E-state index contributed by atoms with van der Waals surface area (Å²) in [6, 6.07) is 20.9. The third-order valence-electron chi connectivity index (χ3n) is 4.46. The molecule has 2 rings (SSSR count). The average molecular weight is 878 g/mol. The molecule has 2 aromatic carbocycles. The Hall–Kier alpha value is -2.92. The van der Waals surface area contributed by atoms with Crippen molar-refractivity contribution in [2.45, 2.75) is 0 Å². The molecule has 0 bridgehead atoms. The Morgan fingerprint density at radius 3 is 1.63 bits per heavy atom. The fourth-order valence-corrected chi connectivity index (χ4v) is 2.95. The molecular formula is C25H12Ac2N8-2. The summed E-state index contributed by atoms with van der Waals surface area (Å²) in [5.41, 5.74) is 15.6. The van der Waals surface area contributed by atoms with Crippen molar-refractivity contribution in [1.29, 1.82) is 26.3 Å². The first-order valence-electron chi connectivity index (χ1n) is 9.15. The minimum Gasteiger partial charge on any atom is -0.699 e. The second-order valence-electron chi connectivity index (χ2n) is 6.40. The summed E-state index contributed by atoms with van der Waals surface area (Å²) >= 11 is 0. The van der Waals surface area contributed by atoms with Crippen molar-refractivity contribution in [3.63, 3.8) is 0 Å². The Morgan fingerprint density at radius 1 is 0.771 bits per heavy atom. The number of nitrogens with zero attached hydrogens (tertiary/aromatic N) is 6. The molecule has 2 radical (unpaired) electrons. The zero-order valence-corrected chi connectivity index (χ0v) is 27.6. The van der Waals surface area contributed by atoms with E-state index in [4.69, 9.17) is 18.0 Å². The molecular weight excluding hydrogens is 866 g/mol. The van der Waals surface area contributed by atoms with E-state index in [1.807, 2.05) is 24.3 Å². The molecule has 0 heterocycles. The van der Waals surface area contributed by atoms with Crippen molar-refractivity contribution in [3.8, 4) is 30.3 Å². The zero-order valence-electron chi connectivity index (χ0n) is 18.1. The quantitative estimate of drug-likeness (QED) is 0.195. The summed E-state index contributed by atoms with van der Waals surface area (Å²) in [5.74, 6) is -1.35. The average Bonchev–Trinajstić information content (AvgIpc) is 2.84. The van der Waals surface area contributed by atoms with E-state index in [-0.39, 0.29) is 122 Å². The molecule has 0 unspecified atom stereocenters. The zero-order chi connectivity index (χ0) is 24.4. The first-order valence-corrected chi connectivity index (χ1v) is 9.15. The Bertz CT molecular complexity index is 1390. The van der Waals surface area contributed by atoms with E-state index in [0.29, 0.717) is 11.1 Å². The van der Waals surface area contributed by atoms with E-state index in [2.05, 4.69) is 4.85 Å². The van der Waals surface area contributed by atoms with Gasteiger partial charge in [-0.1, -0.05) is 48.5 Å². The molecule has 8 nitrogen and oxygen atoms in total. The number of allylic oxidation sites excluding steroid dienone is 6. The van der Waals surface area contributed by atoms with Crippen LogP contribution in [0.5, 0.6) is 0 Å². The number of rotatable bonds is 5. The maximum atomic E-state index is 9.85. The van der Waals surface area contributed by atoms with Crippen molar-refractivity contribution in [2.75, 3.05) is 0 Å². The summed E-state index contributed by atoms with van der Waals surface area (Å²) in [6.07, 6.45) is 1.14. The fourth-order valence-electron chi connectivity index (χ4n) is 2.95. The maximum Gasteiger partial charge on any atom is 0.270 e. The van der Waals surface area contributed by atoms with Gasteiger partial charge in [0.05, 0.1) is 48.1 Å². The number of hydrogen-bond acceptors (Lipinski definition) is 5. The summed E-state index contributed by atoms with van der Waals surface area (Å²) in [7, 11) is 0. The van der Waals surface area contributed by atoms with Crippen molar-refractivity contribution in [3.05, 3.63) is 105 Å². The van der Waals surface area contributed by atoms with E-state index < -0.39 is 11.6 Å². The Labute approximate surface area is 275 Å². The van der Waals surface area contributed by atoms with Crippen LogP contribution in [0.2, 0.25) is 0 Å². The van der Waals surface area contributed by atoms with Gasteiger partial charge in [0.15, 0.2) is 5.92 Å². The molecule has 160 valence electrons. The van der Waals surface area contributed by atoms with Gasteiger partial charge in [0, 0.05) is 99.3 Å². The van der Waals surface area contributed by atoms with Gasteiger partial charge in [0.1, 0.15) is 0 Å². The van der Waals surface area contributed by atoms with Gasteiger partial charge in [0.2, 0.25) is 0 Å². The van der Waals surface area contributed by atoms with Crippen molar-refractivity contribution in [2.24, 2.45) is 5.92 Å².